The van der Waals surface area contributed by atoms with Crippen molar-refractivity contribution in [2.45, 2.75) is 26.2 Å². The number of benzene rings is 2. The summed E-state index contributed by atoms with van der Waals surface area (Å²) in [5, 5.41) is 1.40. The highest BCUT2D eigenvalue weighted by molar-refractivity contribution is 7.19. The standard InChI is InChI=1S/C18H18S/c1-3-13(2)18-17(14-9-5-4-6-10-14)15-11-7-8-12-16(15)19-18/h4-13H,3H2,1-2H3. The Morgan fingerprint density at radius 1 is 0.947 bits per heavy atom. The molecule has 0 bridgehead atoms. The average molecular weight is 266 g/mol. The molecule has 1 heterocycles. The number of rotatable bonds is 3. The van der Waals surface area contributed by atoms with Crippen molar-refractivity contribution in [1.29, 1.82) is 0 Å². The molecule has 0 fully saturated rings. The van der Waals surface area contributed by atoms with Gasteiger partial charge >= 0.3 is 0 Å². The van der Waals surface area contributed by atoms with E-state index in [0.717, 1.165) is 0 Å². The molecular formula is C18H18S. The number of thiophene rings is 1. The van der Waals surface area contributed by atoms with Crippen molar-refractivity contribution in [3.8, 4) is 11.1 Å². The molecule has 2 aromatic carbocycles. The summed E-state index contributed by atoms with van der Waals surface area (Å²) in [6, 6.07) is 19.5. The monoisotopic (exact) mass is 266 g/mol. The fraction of sp³-hybridized carbons (Fsp3) is 0.222. The first-order valence-corrected chi connectivity index (χ1v) is 7.69. The van der Waals surface area contributed by atoms with Crippen LogP contribution >= 0.6 is 11.3 Å². The first-order valence-electron chi connectivity index (χ1n) is 6.88. The summed E-state index contributed by atoms with van der Waals surface area (Å²) < 4.78 is 1.40. The summed E-state index contributed by atoms with van der Waals surface area (Å²) in [6.45, 7) is 4.60. The highest BCUT2D eigenvalue weighted by atomic mass is 32.1. The number of hydrogen-bond acceptors (Lipinski definition) is 1. The van der Waals surface area contributed by atoms with Crippen LogP contribution in [0.2, 0.25) is 0 Å². The Kier molecular flexibility index (Phi) is 3.39. The van der Waals surface area contributed by atoms with Gasteiger partial charge in [0.1, 0.15) is 0 Å². The van der Waals surface area contributed by atoms with Gasteiger partial charge in [-0.2, -0.15) is 0 Å². The number of fused-ring (bicyclic) bond motifs is 1. The highest BCUT2D eigenvalue weighted by Crippen LogP contribution is 2.43. The maximum Gasteiger partial charge on any atom is 0.0352 e. The van der Waals surface area contributed by atoms with Crippen LogP contribution in [0.5, 0.6) is 0 Å². The topological polar surface area (TPSA) is 0 Å². The van der Waals surface area contributed by atoms with E-state index in [1.54, 1.807) is 0 Å². The summed E-state index contributed by atoms with van der Waals surface area (Å²) in [6.07, 6.45) is 1.19. The van der Waals surface area contributed by atoms with Gasteiger partial charge in [0.15, 0.2) is 0 Å². The average Bonchev–Trinajstić information content (AvgIpc) is 2.86. The summed E-state index contributed by atoms with van der Waals surface area (Å²) in [7, 11) is 0. The molecule has 1 heteroatoms. The van der Waals surface area contributed by atoms with Crippen LogP contribution in [0.3, 0.4) is 0 Å². The lowest BCUT2D eigenvalue weighted by atomic mass is 9.96. The molecule has 3 rings (SSSR count). The van der Waals surface area contributed by atoms with Gasteiger partial charge in [-0.1, -0.05) is 62.4 Å². The Morgan fingerprint density at radius 2 is 1.63 bits per heavy atom. The smallest absolute Gasteiger partial charge is 0.0352 e. The Bertz CT molecular complexity index is 679. The lowest BCUT2D eigenvalue weighted by Crippen LogP contribution is -1.90. The SMILES string of the molecule is CCC(C)c1sc2ccccc2c1-c1ccccc1. The lowest BCUT2D eigenvalue weighted by molar-refractivity contribution is 0.750. The molecule has 0 radical (unpaired) electrons. The molecule has 96 valence electrons. The Morgan fingerprint density at radius 3 is 2.37 bits per heavy atom. The van der Waals surface area contributed by atoms with Gasteiger partial charge in [0.25, 0.3) is 0 Å². The summed E-state index contributed by atoms with van der Waals surface area (Å²) in [5.74, 6) is 0.618. The van der Waals surface area contributed by atoms with Gasteiger partial charge in [-0.15, -0.1) is 11.3 Å². The van der Waals surface area contributed by atoms with E-state index >= 15 is 0 Å². The highest BCUT2D eigenvalue weighted by Gasteiger charge is 2.17. The zero-order chi connectivity index (χ0) is 13.2. The van der Waals surface area contributed by atoms with Gasteiger partial charge in [0.2, 0.25) is 0 Å². The molecular weight excluding hydrogens is 248 g/mol. The second-order valence-electron chi connectivity index (χ2n) is 5.01. The van der Waals surface area contributed by atoms with E-state index in [2.05, 4.69) is 68.4 Å². The van der Waals surface area contributed by atoms with Crippen molar-refractivity contribution in [1.82, 2.24) is 0 Å². The summed E-state index contributed by atoms with van der Waals surface area (Å²) >= 11 is 1.95. The Hall–Kier alpha value is -1.60. The molecule has 0 N–H and O–H groups in total. The minimum atomic E-state index is 0.618. The van der Waals surface area contributed by atoms with Crippen molar-refractivity contribution >= 4 is 21.4 Å². The van der Waals surface area contributed by atoms with Crippen LogP contribution in [-0.2, 0) is 0 Å². The second kappa shape index (κ2) is 5.18. The van der Waals surface area contributed by atoms with Crippen LogP contribution in [-0.4, -0.2) is 0 Å². The number of hydrogen-bond donors (Lipinski definition) is 0. The Balaban J connectivity index is 2.31. The molecule has 0 nitrogen and oxygen atoms in total. The molecule has 0 saturated heterocycles. The van der Waals surface area contributed by atoms with E-state index in [9.17, 15) is 0 Å². The van der Waals surface area contributed by atoms with Crippen LogP contribution in [0.15, 0.2) is 54.6 Å². The zero-order valence-corrected chi connectivity index (χ0v) is 12.2. The van der Waals surface area contributed by atoms with Crippen LogP contribution in [0.25, 0.3) is 21.2 Å². The molecule has 1 aromatic heterocycles. The van der Waals surface area contributed by atoms with Gasteiger partial charge in [0, 0.05) is 20.5 Å². The lowest BCUT2D eigenvalue weighted by Gasteiger charge is -2.10. The second-order valence-corrected chi connectivity index (χ2v) is 6.10. The summed E-state index contributed by atoms with van der Waals surface area (Å²) in [4.78, 5) is 1.52. The normalized spacial score (nSPS) is 12.7. The van der Waals surface area contributed by atoms with E-state index in [1.165, 1.54) is 32.5 Å². The van der Waals surface area contributed by atoms with Crippen LogP contribution < -0.4 is 0 Å². The predicted molar refractivity (Wildman–Crippen MR) is 86.0 cm³/mol. The van der Waals surface area contributed by atoms with E-state index in [0.29, 0.717) is 5.92 Å². The van der Waals surface area contributed by atoms with E-state index in [1.807, 2.05) is 11.3 Å². The molecule has 19 heavy (non-hydrogen) atoms. The maximum atomic E-state index is 2.33. The minimum Gasteiger partial charge on any atom is -0.139 e. The quantitative estimate of drug-likeness (QED) is 0.538. The minimum absolute atomic E-state index is 0.618. The van der Waals surface area contributed by atoms with Crippen LogP contribution in [0.4, 0.5) is 0 Å². The molecule has 1 atom stereocenters. The third-order valence-electron chi connectivity index (χ3n) is 3.75. The van der Waals surface area contributed by atoms with E-state index in [-0.39, 0.29) is 0 Å². The van der Waals surface area contributed by atoms with Crippen molar-refractivity contribution < 1.29 is 0 Å². The van der Waals surface area contributed by atoms with Crippen molar-refractivity contribution in [2.75, 3.05) is 0 Å². The molecule has 0 aliphatic heterocycles. The van der Waals surface area contributed by atoms with Crippen molar-refractivity contribution in [3.63, 3.8) is 0 Å². The van der Waals surface area contributed by atoms with E-state index in [4.69, 9.17) is 0 Å². The van der Waals surface area contributed by atoms with Gasteiger partial charge in [-0.05, 0) is 24.0 Å². The first-order chi connectivity index (χ1) is 9.31. The molecule has 3 aromatic rings. The molecule has 0 spiro atoms. The third kappa shape index (κ3) is 2.19. The van der Waals surface area contributed by atoms with Crippen LogP contribution in [0.1, 0.15) is 31.1 Å². The molecule has 0 aliphatic carbocycles. The van der Waals surface area contributed by atoms with Crippen molar-refractivity contribution in [3.05, 3.63) is 59.5 Å². The molecule has 0 aliphatic rings. The molecule has 0 amide bonds. The fourth-order valence-corrected chi connectivity index (χ4v) is 3.86. The van der Waals surface area contributed by atoms with Gasteiger partial charge in [0.05, 0.1) is 0 Å². The third-order valence-corrected chi connectivity index (χ3v) is 5.15. The van der Waals surface area contributed by atoms with Gasteiger partial charge in [-0.25, -0.2) is 0 Å². The van der Waals surface area contributed by atoms with Crippen LogP contribution in [0, 0.1) is 0 Å². The summed E-state index contributed by atoms with van der Waals surface area (Å²) in [5.41, 5.74) is 2.78. The van der Waals surface area contributed by atoms with Crippen molar-refractivity contribution in [2.24, 2.45) is 0 Å². The fourth-order valence-electron chi connectivity index (χ4n) is 2.50. The maximum absolute atomic E-state index is 2.33. The predicted octanol–water partition coefficient (Wildman–Crippen LogP) is 6.08. The van der Waals surface area contributed by atoms with E-state index < -0.39 is 0 Å². The first kappa shape index (κ1) is 12.4. The molecule has 0 saturated carbocycles. The Labute approximate surface area is 118 Å². The van der Waals surface area contributed by atoms with Gasteiger partial charge in [-0.3, -0.25) is 0 Å². The largest absolute Gasteiger partial charge is 0.139 e. The zero-order valence-electron chi connectivity index (χ0n) is 11.4. The van der Waals surface area contributed by atoms with Gasteiger partial charge < -0.3 is 0 Å². The molecule has 1 unspecified atom stereocenters.